The molecule has 4 rings (SSSR count). The molecule has 0 radical (unpaired) electrons. The van der Waals surface area contributed by atoms with Gasteiger partial charge in [-0.3, -0.25) is 12.2 Å². The summed E-state index contributed by atoms with van der Waals surface area (Å²) in [6.07, 6.45) is 6.87. The summed E-state index contributed by atoms with van der Waals surface area (Å²) in [5, 5.41) is 17.3. The van der Waals surface area contributed by atoms with Crippen molar-refractivity contribution < 1.29 is 78.5 Å². The molecule has 2 aliphatic rings. The SMILES string of the molecule is CC1=[C-]C(C)(C)C(C)=C1C.CC1=[C-]C(C)(C)C(C)=C1C.Oc1ccccc1.Oc1ccccc1.[Cl-].[Cl-].[Ti].[Ti]. The summed E-state index contributed by atoms with van der Waals surface area (Å²) in [5.74, 6) is 0.644. The second-order valence-electron chi connectivity index (χ2n) is 9.92. The molecule has 2 aliphatic carbocycles. The molecule has 2 aromatic carbocycles. The van der Waals surface area contributed by atoms with E-state index in [0.717, 1.165) is 0 Å². The van der Waals surface area contributed by atoms with Gasteiger partial charge >= 0.3 is 0 Å². The minimum Gasteiger partial charge on any atom is -1.00 e. The van der Waals surface area contributed by atoms with Crippen LogP contribution < -0.4 is 24.8 Å². The van der Waals surface area contributed by atoms with E-state index < -0.39 is 0 Å². The topological polar surface area (TPSA) is 40.5 Å². The van der Waals surface area contributed by atoms with E-state index in [-0.39, 0.29) is 79.1 Å². The Morgan fingerprint density at radius 2 is 0.737 bits per heavy atom. The van der Waals surface area contributed by atoms with Crippen molar-refractivity contribution in [1.82, 2.24) is 0 Å². The molecule has 0 unspecified atom stereocenters. The van der Waals surface area contributed by atoms with Crippen LogP contribution >= 0.6 is 0 Å². The van der Waals surface area contributed by atoms with Crippen molar-refractivity contribution in [3.8, 4) is 11.5 Å². The number of hydrogen-bond donors (Lipinski definition) is 2. The largest absolute Gasteiger partial charge is 1.00 e. The summed E-state index contributed by atoms with van der Waals surface area (Å²) in [6, 6.07) is 17.4. The van der Waals surface area contributed by atoms with Crippen molar-refractivity contribution >= 4 is 0 Å². The Balaban J connectivity index is -0.000000198. The molecule has 0 heterocycles. The summed E-state index contributed by atoms with van der Waals surface area (Å²) < 4.78 is 0. The zero-order valence-corrected chi connectivity index (χ0v) is 29.1. The van der Waals surface area contributed by atoms with Crippen LogP contribution in [0.15, 0.2) is 94.1 Å². The molecule has 0 aromatic heterocycles. The third-order valence-corrected chi connectivity index (χ3v) is 6.64. The van der Waals surface area contributed by atoms with Crippen LogP contribution in [0.5, 0.6) is 11.5 Å². The fourth-order valence-electron chi connectivity index (χ4n) is 3.67. The molecule has 0 saturated carbocycles. The Labute approximate surface area is 274 Å². The molecule has 0 spiro atoms. The number of para-hydroxylation sites is 2. The predicted octanol–water partition coefficient (Wildman–Crippen LogP) is 3.01. The Kier molecular flexibility index (Phi) is 23.1. The van der Waals surface area contributed by atoms with Crippen molar-refractivity contribution in [2.24, 2.45) is 10.8 Å². The molecule has 0 aliphatic heterocycles. The molecule has 0 saturated heterocycles. The zero-order valence-electron chi connectivity index (χ0n) is 24.4. The van der Waals surface area contributed by atoms with Crippen LogP contribution in [0.1, 0.15) is 69.2 Å². The number of hydrogen-bond acceptors (Lipinski definition) is 2. The molecule has 6 heteroatoms. The van der Waals surface area contributed by atoms with Gasteiger partial charge in [-0.05, 0) is 24.3 Å². The summed E-state index contributed by atoms with van der Waals surface area (Å²) in [7, 11) is 0. The van der Waals surface area contributed by atoms with Crippen LogP contribution in [-0.2, 0) is 43.4 Å². The van der Waals surface area contributed by atoms with Crippen molar-refractivity contribution in [3.05, 3.63) is 106 Å². The first kappa shape index (κ1) is 44.0. The number of halogens is 2. The van der Waals surface area contributed by atoms with Crippen LogP contribution in [-0.4, -0.2) is 10.2 Å². The van der Waals surface area contributed by atoms with Crippen molar-refractivity contribution in [3.63, 3.8) is 0 Å². The van der Waals surface area contributed by atoms with E-state index in [9.17, 15) is 0 Å². The van der Waals surface area contributed by atoms with Crippen LogP contribution in [0.3, 0.4) is 0 Å². The number of phenols is 2. The van der Waals surface area contributed by atoms with Crippen molar-refractivity contribution in [2.45, 2.75) is 69.2 Å². The Morgan fingerprint density at radius 1 is 0.500 bits per heavy atom. The first-order valence-corrected chi connectivity index (χ1v) is 11.8. The third-order valence-electron chi connectivity index (χ3n) is 6.64. The fraction of sp³-hybridized carbons (Fsp3) is 0.375. The minimum absolute atomic E-state index is 0. The van der Waals surface area contributed by atoms with E-state index in [1.165, 1.54) is 33.4 Å². The second kappa shape index (κ2) is 20.0. The van der Waals surface area contributed by atoms with Gasteiger partial charge in [0.15, 0.2) is 0 Å². The first-order valence-electron chi connectivity index (χ1n) is 11.8. The molecular formula is C32H42Cl2O2Ti2-4. The Morgan fingerprint density at radius 3 is 0.816 bits per heavy atom. The van der Waals surface area contributed by atoms with Gasteiger partial charge in [0.1, 0.15) is 11.5 Å². The average Bonchev–Trinajstić information content (AvgIpc) is 3.07. The van der Waals surface area contributed by atoms with E-state index in [1.54, 1.807) is 48.5 Å². The monoisotopic (exact) mass is 624 g/mol. The van der Waals surface area contributed by atoms with E-state index in [1.807, 2.05) is 12.1 Å². The van der Waals surface area contributed by atoms with E-state index >= 15 is 0 Å². The molecule has 208 valence electrons. The van der Waals surface area contributed by atoms with Gasteiger partial charge in [0.25, 0.3) is 0 Å². The van der Waals surface area contributed by atoms with Gasteiger partial charge in [0.2, 0.25) is 0 Å². The summed E-state index contributed by atoms with van der Waals surface area (Å²) in [4.78, 5) is 0. The maximum Gasteiger partial charge on any atom is 0.115 e. The average molecular weight is 625 g/mol. The predicted molar refractivity (Wildman–Crippen MR) is 145 cm³/mol. The Hall–Kier alpha value is -0.991. The van der Waals surface area contributed by atoms with Crippen molar-refractivity contribution in [2.75, 3.05) is 0 Å². The molecule has 0 bridgehead atoms. The maximum atomic E-state index is 8.63. The van der Waals surface area contributed by atoms with Crippen LogP contribution in [0.25, 0.3) is 0 Å². The van der Waals surface area contributed by atoms with Crippen LogP contribution in [0, 0.1) is 23.0 Å². The van der Waals surface area contributed by atoms with Crippen LogP contribution in [0.2, 0.25) is 0 Å². The van der Waals surface area contributed by atoms with E-state index in [2.05, 4.69) is 81.4 Å². The van der Waals surface area contributed by atoms with Crippen LogP contribution in [0.4, 0.5) is 0 Å². The maximum absolute atomic E-state index is 8.63. The zero-order chi connectivity index (χ0) is 26.1. The molecule has 38 heavy (non-hydrogen) atoms. The normalized spacial score (nSPS) is 15.5. The molecule has 2 aromatic rings. The molecule has 0 fully saturated rings. The van der Waals surface area contributed by atoms with E-state index in [4.69, 9.17) is 10.2 Å². The van der Waals surface area contributed by atoms with Crippen molar-refractivity contribution in [1.29, 1.82) is 0 Å². The number of aromatic hydroxyl groups is 2. The number of rotatable bonds is 0. The minimum atomic E-state index is 0. The van der Waals surface area contributed by atoms with Gasteiger partial charge in [-0.25, -0.2) is 11.1 Å². The molecule has 0 amide bonds. The van der Waals surface area contributed by atoms with Gasteiger partial charge in [-0.15, -0.1) is 13.8 Å². The molecule has 0 atom stereocenters. The first-order chi connectivity index (χ1) is 15.7. The Bertz CT molecular complexity index is 982. The summed E-state index contributed by atoms with van der Waals surface area (Å²) in [5.41, 5.74) is 8.79. The molecular weight excluding hydrogens is 583 g/mol. The van der Waals surface area contributed by atoms with Gasteiger partial charge < -0.3 is 35.0 Å². The number of benzene rings is 2. The van der Waals surface area contributed by atoms with Gasteiger partial charge in [-0.1, -0.05) is 103 Å². The number of phenolic OH excluding ortho intramolecular Hbond substituents is 2. The quantitative estimate of drug-likeness (QED) is 0.350. The summed E-state index contributed by atoms with van der Waals surface area (Å²) in [6.45, 7) is 21.8. The van der Waals surface area contributed by atoms with Gasteiger partial charge in [0.05, 0.1) is 0 Å². The van der Waals surface area contributed by atoms with Gasteiger partial charge in [-0.2, -0.15) is 22.3 Å². The molecule has 2 N–H and O–H groups in total. The summed E-state index contributed by atoms with van der Waals surface area (Å²) >= 11 is 0. The van der Waals surface area contributed by atoms with Gasteiger partial charge in [0, 0.05) is 43.4 Å². The molecule has 2 nitrogen and oxygen atoms in total. The number of allylic oxidation sites excluding steroid dienone is 8. The van der Waals surface area contributed by atoms with E-state index in [0.29, 0.717) is 11.5 Å². The standard InChI is InChI=1S/2C10H15.2C6H6O.2ClH.2Ti/c2*1-7-6-10(4,5)9(3)8(7)2;2*7-6-4-2-1-3-5-6;;;;/h2*1-5H3;2*1-5,7H;2*1H;;/q2*-1;;;;;;/p-2. The third kappa shape index (κ3) is 14.4. The smallest absolute Gasteiger partial charge is 0.115 e. The second-order valence-corrected chi connectivity index (χ2v) is 9.92. The fourth-order valence-corrected chi connectivity index (χ4v) is 3.67.